The van der Waals surface area contributed by atoms with Crippen molar-refractivity contribution in [1.82, 2.24) is 9.80 Å². The Morgan fingerprint density at radius 3 is 1.90 bits per heavy atom. The number of thiol groups is 1. The Kier molecular flexibility index (Phi) is 17.9. The van der Waals surface area contributed by atoms with Crippen molar-refractivity contribution in [2.75, 3.05) is 58.8 Å². The molecule has 40 heavy (non-hydrogen) atoms. The molecular weight excluding hydrogens is 539 g/mol. The Hall–Kier alpha value is -1.65. The molecule has 0 aromatic heterocycles. The van der Waals surface area contributed by atoms with Gasteiger partial charge >= 0.3 is 43.0 Å². The maximum atomic E-state index is 12.0. The van der Waals surface area contributed by atoms with Crippen LogP contribution in [0.3, 0.4) is 0 Å². The van der Waals surface area contributed by atoms with Gasteiger partial charge < -0.3 is 39.6 Å². The van der Waals surface area contributed by atoms with E-state index in [4.69, 9.17) is 29.8 Å². The number of esters is 2. The summed E-state index contributed by atoms with van der Waals surface area (Å²) in [5, 5.41) is 0. The fourth-order valence-corrected chi connectivity index (χ4v) is 3.28. The van der Waals surface area contributed by atoms with Crippen LogP contribution in [0.5, 0.6) is 0 Å². The molecular formula is C26H49LiN2O10S. The maximum Gasteiger partial charge on any atom is 1.00 e. The summed E-state index contributed by atoms with van der Waals surface area (Å²) in [6.45, 7) is 18.2. The molecule has 230 valence electrons. The third-order valence-corrected chi connectivity index (χ3v) is 4.90. The number of carbonyl (C=O) groups excluding carboxylic acids is 4. The summed E-state index contributed by atoms with van der Waals surface area (Å²) in [6, 6.07) is 0. The van der Waals surface area contributed by atoms with E-state index >= 15 is 0 Å². The van der Waals surface area contributed by atoms with Crippen LogP contribution in [0.4, 0.5) is 9.59 Å². The van der Waals surface area contributed by atoms with Gasteiger partial charge in [-0.05, 0) is 68.5 Å². The van der Waals surface area contributed by atoms with Crippen molar-refractivity contribution >= 4 is 36.8 Å². The topological polar surface area (TPSA) is 130 Å². The molecule has 2 rings (SSSR count). The smallest absolute Gasteiger partial charge is 1.00 e. The first-order valence-electron chi connectivity index (χ1n) is 13.6. The van der Waals surface area contributed by atoms with Crippen molar-refractivity contribution in [2.24, 2.45) is 0 Å². The molecule has 0 aromatic carbocycles. The summed E-state index contributed by atoms with van der Waals surface area (Å²) in [4.78, 5) is 50.1. The van der Waals surface area contributed by atoms with Gasteiger partial charge in [-0.2, -0.15) is 12.6 Å². The minimum atomic E-state index is -1.12. The van der Waals surface area contributed by atoms with E-state index in [2.05, 4.69) is 12.6 Å². The first kappa shape index (κ1) is 38.3. The predicted molar refractivity (Wildman–Crippen MR) is 149 cm³/mol. The van der Waals surface area contributed by atoms with Crippen molar-refractivity contribution in [1.29, 1.82) is 0 Å². The van der Waals surface area contributed by atoms with Gasteiger partial charge in [-0.15, -0.1) is 0 Å². The molecule has 2 saturated heterocycles. The zero-order valence-corrected chi connectivity index (χ0v) is 26.8. The molecule has 2 fully saturated rings. The van der Waals surface area contributed by atoms with Crippen LogP contribution in [0.1, 0.15) is 65.1 Å². The molecule has 2 heterocycles. The summed E-state index contributed by atoms with van der Waals surface area (Å²) in [7, 11) is 0. The van der Waals surface area contributed by atoms with Gasteiger partial charge in [0.15, 0.2) is 11.7 Å². The van der Waals surface area contributed by atoms with E-state index in [9.17, 15) is 19.2 Å². The van der Waals surface area contributed by atoms with E-state index in [-0.39, 0.29) is 52.8 Å². The Balaban J connectivity index is -0.000000635. The first-order chi connectivity index (χ1) is 18.4. The summed E-state index contributed by atoms with van der Waals surface area (Å²) in [5.74, 6) is -0.894. The van der Waals surface area contributed by atoms with Crippen LogP contribution in [-0.4, -0.2) is 116 Å². The van der Waals surface area contributed by atoms with E-state index in [0.717, 1.165) is 0 Å². The number of morpholine rings is 2. The second-order valence-electron chi connectivity index (χ2n) is 10.7. The van der Waals surface area contributed by atoms with E-state index in [1.807, 2.05) is 0 Å². The molecule has 2 amide bonds. The fourth-order valence-electron chi connectivity index (χ4n) is 3.28. The Morgan fingerprint density at radius 1 is 0.950 bits per heavy atom. The second-order valence-corrected chi connectivity index (χ2v) is 10.7. The van der Waals surface area contributed by atoms with Crippen LogP contribution < -0.4 is 18.9 Å². The third-order valence-electron chi connectivity index (χ3n) is 4.90. The van der Waals surface area contributed by atoms with Crippen molar-refractivity contribution in [3.8, 4) is 0 Å². The Labute approximate surface area is 259 Å². The molecule has 14 heteroatoms. The molecule has 2 aliphatic rings. The van der Waals surface area contributed by atoms with Gasteiger partial charge in [0.05, 0.1) is 39.5 Å². The number of nitrogens with zero attached hydrogens (tertiary/aromatic N) is 2. The number of hydrogen-bond acceptors (Lipinski definition) is 11. The molecule has 0 aromatic rings. The molecule has 0 aliphatic carbocycles. The number of amides is 2. The monoisotopic (exact) mass is 589 g/mol. The standard InChI is InChI=1S/C13H23NO5.C12H21NO5.CH4S.Li.H/c1-6-17-10(15)13(5)9-14(7-8-18-13)11(16)19-12(2,3)4;1-5-16-10(14)9-8-13(6-7-17-9)11(15)18-12(2,3)4;1-2;;/h6-9H2,1-5H3;9H,5-8H2,1-4H3;2H,1H3;;/q;;;+1;-1/i;;1D;;. The number of ether oxygens (including phenoxy) is 6. The van der Waals surface area contributed by atoms with Crippen molar-refractivity contribution in [3.05, 3.63) is 0 Å². The predicted octanol–water partition coefficient (Wildman–Crippen LogP) is 0.423. The van der Waals surface area contributed by atoms with Gasteiger partial charge in [0, 0.05) is 14.5 Å². The normalized spacial score (nSPS) is 21.1. The van der Waals surface area contributed by atoms with Crippen LogP contribution in [-0.2, 0) is 38.0 Å². The van der Waals surface area contributed by atoms with Crippen molar-refractivity contribution in [2.45, 2.75) is 85.2 Å². The summed E-state index contributed by atoms with van der Waals surface area (Å²) in [5.41, 5.74) is -2.23. The molecule has 0 spiro atoms. The molecule has 0 N–H and O–H groups in total. The second kappa shape index (κ2) is 18.7. The zero-order chi connectivity index (χ0) is 31.1. The minimum absolute atomic E-state index is 0. The quantitative estimate of drug-likeness (QED) is 0.213. The summed E-state index contributed by atoms with van der Waals surface area (Å²) >= 11 is 3.46. The van der Waals surface area contributed by atoms with Crippen LogP contribution in [0.25, 0.3) is 0 Å². The summed E-state index contributed by atoms with van der Waals surface area (Å²) in [6.07, 6.45) is -1.39. The molecule has 2 aliphatic heterocycles. The van der Waals surface area contributed by atoms with Gasteiger partial charge in [-0.25, -0.2) is 19.2 Å². The summed E-state index contributed by atoms with van der Waals surface area (Å²) < 4.78 is 37.2. The number of carbonyl (C=O) groups is 4. The fraction of sp³-hybridized carbons (Fsp3) is 0.846. The van der Waals surface area contributed by atoms with Gasteiger partial charge in [0.1, 0.15) is 11.2 Å². The van der Waals surface area contributed by atoms with Crippen LogP contribution in [0.2, 0.25) is 0 Å². The molecule has 0 saturated carbocycles. The third kappa shape index (κ3) is 15.4. The SMILES string of the molecule is CCOC(=O)C1(C)CN(C(=O)OC(C)(C)C)CCO1.CCOC(=O)C1CN(C(=O)OC(C)(C)C)CCO1.[2H]CS.[H-].[Li+]. The average Bonchev–Trinajstić information content (AvgIpc) is 2.83. The van der Waals surface area contributed by atoms with Gasteiger partial charge in [0.25, 0.3) is 0 Å². The number of rotatable bonds is 4. The van der Waals surface area contributed by atoms with Crippen LogP contribution >= 0.6 is 12.6 Å². The molecule has 2 unspecified atom stereocenters. The van der Waals surface area contributed by atoms with Crippen LogP contribution in [0.15, 0.2) is 0 Å². The van der Waals surface area contributed by atoms with E-state index < -0.39 is 47.0 Å². The first-order valence-corrected chi connectivity index (χ1v) is 13.5. The molecule has 0 bridgehead atoms. The van der Waals surface area contributed by atoms with E-state index in [0.29, 0.717) is 26.3 Å². The van der Waals surface area contributed by atoms with Gasteiger partial charge in [-0.1, -0.05) is 0 Å². The van der Waals surface area contributed by atoms with E-state index in [1.54, 1.807) is 62.3 Å². The molecule has 12 nitrogen and oxygen atoms in total. The number of hydrogen-bond donors (Lipinski definition) is 1. The molecule has 2 atom stereocenters. The van der Waals surface area contributed by atoms with Crippen molar-refractivity contribution in [3.63, 3.8) is 0 Å². The minimum Gasteiger partial charge on any atom is -1.00 e. The maximum absolute atomic E-state index is 12.0. The van der Waals surface area contributed by atoms with Gasteiger partial charge in [-0.3, -0.25) is 0 Å². The largest absolute Gasteiger partial charge is 1.00 e. The Bertz CT molecular complexity index is 830. The van der Waals surface area contributed by atoms with E-state index in [1.165, 1.54) is 9.80 Å². The molecule has 0 radical (unpaired) electrons. The van der Waals surface area contributed by atoms with Gasteiger partial charge in [0.2, 0.25) is 0 Å². The van der Waals surface area contributed by atoms with Crippen molar-refractivity contribution < 1.29 is 69.3 Å². The average molecular weight is 590 g/mol. The zero-order valence-electron chi connectivity index (χ0n) is 27.9. The Morgan fingerprint density at radius 2 is 1.43 bits per heavy atom. The van der Waals surface area contributed by atoms with Crippen LogP contribution in [0, 0.1) is 0 Å².